The number of hydrogen-bond donors (Lipinski definition) is 2. The largest absolute Gasteiger partial charge is 0.350 e. The summed E-state index contributed by atoms with van der Waals surface area (Å²) in [6, 6.07) is 1.85. The monoisotopic (exact) mass is 190 g/mol. The highest BCUT2D eigenvalue weighted by atomic mass is 15.3. The summed E-state index contributed by atoms with van der Waals surface area (Å²) in [5.41, 5.74) is 0. The molecule has 1 aliphatic heterocycles. The quantitative estimate of drug-likeness (QED) is 0.647. The average molecular weight is 190 g/mol. The van der Waals surface area contributed by atoms with Gasteiger partial charge in [0.25, 0.3) is 0 Å². The minimum Gasteiger partial charge on any atom is -0.350 e. The van der Waals surface area contributed by atoms with Gasteiger partial charge in [0.1, 0.15) is 12.5 Å². The molecule has 0 unspecified atom stereocenters. The van der Waals surface area contributed by atoms with Crippen LogP contribution in [-0.4, -0.2) is 29.1 Å². The van der Waals surface area contributed by atoms with Crippen LogP contribution in [-0.2, 0) is 0 Å². The van der Waals surface area contributed by atoms with Crippen LogP contribution in [0.15, 0.2) is 34.6 Å². The minimum atomic E-state index is 0.417. The molecule has 0 bridgehead atoms. The Morgan fingerprint density at radius 3 is 3.07 bits per heavy atom. The van der Waals surface area contributed by atoms with Gasteiger partial charge < -0.3 is 10.6 Å². The van der Waals surface area contributed by atoms with Crippen molar-refractivity contribution >= 4 is 18.5 Å². The highest BCUT2D eigenvalue weighted by molar-refractivity contribution is 5.69. The maximum Gasteiger partial charge on any atom is 0.148 e. The standard InChI is InChI=1S/C8H10N6/c1-2-13-14(3-1)8-4-9-5-10-6-11-7-12-8/h1-5,7H,6H2,(H,9,10)(H,11,12)/b8-4-. The van der Waals surface area contributed by atoms with E-state index < -0.39 is 0 Å². The molecule has 1 aliphatic rings. The molecule has 0 spiro atoms. The van der Waals surface area contributed by atoms with E-state index in [9.17, 15) is 0 Å². The van der Waals surface area contributed by atoms with Gasteiger partial charge in [-0.1, -0.05) is 0 Å². The SMILES string of the molecule is C1=NCN=CN/C(n2cccn2)=C/N1. The fourth-order valence-electron chi connectivity index (χ4n) is 0.995. The van der Waals surface area contributed by atoms with E-state index in [2.05, 4.69) is 25.7 Å². The topological polar surface area (TPSA) is 66.6 Å². The van der Waals surface area contributed by atoms with Crippen LogP contribution in [0.25, 0.3) is 5.82 Å². The zero-order chi connectivity index (χ0) is 9.64. The number of nitrogens with zero attached hydrogens (tertiary/aromatic N) is 4. The molecule has 2 heterocycles. The van der Waals surface area contributed by atoms with E-state index in [1.165, 1.54) is 0 Å². The third-order valence-corrected chi connectivity index (χ3v) is 1.60. The lowest BCUT2D eigenvalue weighted by atomic mass is 10.7. The summed E-state index contributed by atoms with van der Waals surface area (Å²) >= 11 is 0. The Morgan fingerprint density at radius 1 is 1.29 bits per heavy atom. The van der Waals surface area contributed by atoms with Crippen LogP contribution in [0.4, 0.5) is 0 Å². The molecule has 0 atom stereocenters. The van der Waals surface area contributed by atoms with Gasteiger partial charge >= 0.3 is 0 Å². The van der Waals surface area contributed by atoms with Crippen molar-refractivity contribution in [2.24, 2.45) is 9.98 Å². The van der Waals surface area contributed by atoms with E-state index in [-0.39, 0.29) is 0 Å². The molecule has 0 radical (unpaired) electrons. The molecule has 2 N–H and O–H groups in total. The molecule has 0 amide bonds. The first-order chi connectivity index (χ1) is 6.97. The Morgan fingerprint density at radius 2 is 2.21 bits per heavy atom. The first-order valence-corrected chi connectivity index (χ1v) is 4.16. The number of rotatable bonds is 1. The summed E-state index contributed by atoms with van der Waals surface area (Å²) < 4.78 is 1.69. The number of aliphatic imine (C=N–C) groups is 2. The minimum absolute atomic E-state index is 0.417. The van der Waals surface area contributed by atoms with Gasteiger partial charge in [-0.05, 0) is 6.07 Å². The summed E-state index contributed by atoms with van der Waals surface area (Å²) in [6.07, 6.45) is 8.49. The predicted octanol–water partition coefficient (Wildman–Crippen LogP) is -0.154. The van der Waals surface area contributed by atoms with E-state index >= 15 is 0 Å². The van der Waals surface area contributed by atoms with Crippen LogP contribution in [0.3, 0.4) is 0 Å². The van der Waals surface area contributed by atoms with Crippen molar-refractivity contribution in [3.8, 4) is 0 Å². The highest BCUT2D eigenvalue weighted by Gasteiger charge is 1.97. The second-order valence-electron chi connectivity index (χ2n) is 2.56. The molecule has 6 heteroatoms. The Bertz CT molecular complexity index is 361. The van der Waals surface area contributed by atoms with E-state index in [0.717, 1.165) is 5.82 Å². The zero-order valence-electron chi connectivity index (χ0n) is 7.46. The van der Waals surface area contributed by atoms with Gasteiger partial charge in [0.15, 0.2) is 0 Å². The van der Waals surface area contributed by atoms with Crippen LogP contribution >= 0.6 is 0 Å². The molecule has 14 heavy (non-hydrogen) atoms. The number of hydrogen-bond acceptors (Lipinski definition) is 5. The van der Waals surface area contributed by atoms with Gasteiger partial charge in [-0.2, -0.15) is 5.10 Å². The van der Waals surface area contributed by atoms with Crippen molar-refractivity contribution in [1.82, 2.24) is 20.4 Å². The van der Waals surface area contributed by atoms with Crippen molar-refractivity contribution < 1.29 is 0 Å². The molecule has 0 aromatic carbocycles. The van der Waals surface area contributed by atoms with Gasteiger partial charge in [0, 0.05) is 18.6 Å². The van der Waals surface area contributed by atoms with Gasteiger partial charge in [-0.15, -0.1) is 0 Å². The molecule has 0 saturated carbocycles. The van der Waals surface area contributed by atoms with Crippen molar-refractivity contribution in [3.63, 3.8) is 0 Å². The Kier molecular flexibility index (Phi) is 2.56. The Balaban J connectivity index is 2.20. The Hall–Kier alpha value is -2.11. The van der Waals surface area contributed by atoms with E-state index in [4.69, 9.17) is 0 Å². The van der Waals surface area contributed by atoms with Gasteiger partial charge in [0.05, 0.1) is 12.7 Å². The first kappa shape index (κ1) is 8.49. The second kappa shape index (κ2) is 4.22. The smallest absolute Gasteiger partial charge is 0.148 e. The molecular weight excluding hydrogens is 180 g/mol. The summed E-state index contributed by atoms with van der Waals surface area (Å²) in [5.74, 6) is 0.784. The van der Waals surface area contributed by atoms with Gasteiger partial charge in [-0.3, -0.25) is 9.98 Å². The maximum atomic E-state index is 4.08. The lowest BCUT2D eigenvalue weighted by molar-refractivity contribution is 0.859. The van der Waals surface area contributed by atoms with Crippen LogP contribution in [0.5, 0.6) is 0 Å². The molecule has 0 saturated heterocycles. The van der Waals surface area contributed by atoms with Crippen molar-refractivity contribution in [3.05, 3.63) is 24.7 Å². The maximum absolute atomic E-state index is 4.08. The predicted molar refractivity (Wildman–Crippen MR) is 54.6 cm³/mol. The first-order valence-electron chi connectivity index (χ1n) is 4.16. The summed E-state index contributed by atoms with van der Waals surface area (Å²) in [7, 11) is 0. The fourth-order valence-corrected chi connectivity index (χ4v) is 0.995. The molecule has 2 rings (SSSR count). The molecule has 0 aliphatic carbocycles. The lowest BCUT2D eigenvalue weighted by Gasteiger charge is -2.05. The summed E-state index contributed by atoms with van der Waals surface area (Å²) in [4.78, 5) is 7.95. The number of aromatic nitrogens is 2. The Labute approximate surface area is 81.1 Å². The molecule has 1 aromatic heterocycles. The van der Waals surface area contributed by atoms with Crippen molar-refractivity contribution in [1.29, 1.82) is 0 Å². The third-order valence-electron chi connectivity index (χ3n) is 1.60. The molecule has 0 fully saturated rings. The van der Waals surface area contributed by atoms with E-state index in [1.807, 2.05) is 12.3 Å². The average Bonchev–Trinajstić information content (AvgIpc) is 2.75. The van der Waals surface area contributed by atoms with Crippen molar-refractivity contribution in [2.45, 2.75) is 0 Å². The lowest BCUT2D eigenvalue weighted by Crippen LogP contribution is -2.18. The molecule has 1 aromatic rings. The normalized spacial score (nSPS) is 19.6. The van der Waals surface area contributed by atoms with Crippen LogP contribution in [0, 0.1) is 0 Å². The van der Waals surface area contributed by atoms with Crippen LogP contribution in [0.2, 0.25) is 0 Å². The molecular formula is C8H10N6. The zero-order valence-corrected chi connectivity index (χ0v) is 7.46. The molecule has 72 valence electrons. The summed E-state index contributed by atoms with van der Waals surface area (Å²) in [5, 5.41) is 9.98. The van der Waals surface area contributed by atoms with Gasteiger partial charge in [0.2, 0.25) is 0 Å². The summed E-state index contributed by atoms with van der Waals surface area (Å²) in [6.45, 7) is 0.417. The second-order valence-corrected chi connectivity index (χ2v) is 2.56. The number of nitrogens with one attached hydrogen (secondary N) is 2. The third kappa shape index (κ3) is 1.98. The highest BCUT2D eigenvalue weighted by Crippen LogP contribution is 1.95. The van der Waals surface area contributed by atoms with Crippen molar-refractivity contribution in [2.75, 3.05) is 6.67 Å². The fraction of sp³-hybridized carbons (Fsp3) is 0.125. The van der Waals surface area contributed by atoms with Crippen LogP contribution in [0.1, 0.15) is 0 Å². The van der Waals surface area contributed by atoms with E-state index in [1.54, 1.807) is 29.8 Å². The van der Waals surface area contributed by atoms with E-state index in [0.29, 0.717) is 6.67 Å². The molecule has 6 nitrogen and oxygen atoms in total. The van der Waals surface area contributed by atoms with Crippen LogP contribution < -0.4 is 10.6 Å². The van der Waals surface area contributed by atoms with Gasteiger partial charge in [-0.25, -0.2) is 4.68 Å².